The van der Waals surface area contributed by atoms with Crippen LogP contribution in [0.5, 0.6) is 5.75 Å². The summed E-state index contributed by atoms with van der Waals surface area (Å²) in [6.07, 6.45) is 3.72. The minimum Gasteiger partial charge on any atom is -0.490 e. The first-order chi connectivity index (χ1) is 9.39. The van der Waals surface area contributed by atoms with Gasteiger partial charge in [0.1, 0.15) is 11.9 Å². The summed E-state index contributed by atoms with van der Waals surface area (Å²) in [7, 11) is 0. The molecule has 1 aromatic rings. The molecule has 0 aromatic heterocycles. The van der Waals surface area contributed by atoms with Crippen LogP contribution in [0.1, 0.15) is 51.7 Å². The summed E-state index contributed by atoms with van der Waals surface area (Å²) in [5, 5.41) is 3.51. The Morgan fingerprint density at radius 3 is 2.85 bits per heavy atom. The molecule has 0 fully saturated rings. The Morgan fingerprint density at radius 2 is 2.15 bits per heavy atom. The van der Waals surface area contributed by atoms with E-state index in [1.165, 1.54) is 17.5 Å². The number of benzene rings is 1. The highest BCUT2D eigenvalue weighted by Crippen LogP contribution is 2.36. The first kappa shape index (κ1) is 15.4. The summed E-state index contributed by atoms with van der Waals surface area (Å²) in [6, 6.07) is 7.10. The number of ether oxygens (including phenoxy) is 1. The molecule has 2 nitrogen and oxygen atoms in total. The maximum Gasteiger partial charge on any atom is 0.123 e. The molecular weight excluding hydrogens is 246 g/mol. The number of fused-ring (bicyclic) bond motifs is 1. The monoisotopic (exact) mass is 275 g/mol. The molecule has 0 aliphatic carbocycles. The largest absolute Gasteiger partial charge is 0.490 e. The van der Waals surface area contributed by atoms with Crippen molar-refractivity contribution in [2.45, 2.75) is 66.0 Å². The van der Waals surface area contributed by atoms with E-state index in [0.29, 0.717) is 17.6 Å². The second-order valence-electron chi connectivity index (χ2n) is 7.09. The molecule has 2 atom stereocenters. The van der Waals surface area contributed by atoms with Crippen LogP contribution < -0.4 is 10.1 Å². The summed E-state index contributed by atoms with van der Waals surface area (Å²) in [6.45, 7) is 12.4. The van der Waals surface area contributed by atoms with Gasteiger partial charge >= 0.3 is 0 Å². The van der Waals surface area contributed by atoms with Gasteiger partial charge in [0.25, 0.3) is 0 Å². The van der Waals surface area contributed by atoms with Crippen molar-refractivity contribution in [2.24, 2.45) is 5.41 Å². The Balaban J connectivity index is 1.92. The van der Waals surface area contributed by atoms with Gasteiger partial charge in [-0.2, -0.15) is 0 Å². The van der Waals surface area contributed by atoms with Crippen molar-refractivity contribution >= 4 is 0 Å². The first-order valence-electron chi connectivity index (χ1n) is 7.89. The molecule has 2 heteroatoms. The van der Waals surface area contributed by atoms with Gasteiger partial charge in [-0.3, -0.25) is 0 Å². The molecule has 0 amide bonds. The quantitative estimate of drug-likeness (QED) is 0.844. The van der Waals surface area contributed by atoms with E-state index in [2.05, 4.69) is 58.1 Å². The molecule has 20 heavy (non-hydrogen) atoms. The molecule has 1 aliphatic rings. The lowest BCUT2D eigenvalue weighted by molar-refractivity contribution is 0.142. The van der Waals surface area contributed by atoms with Crippen molar-refractivity contribution in [3.8, 4) is 5.75 Å². The molecule has 0 bridgehead atoms. The third-order valence-electron chi connectivity index (χ3n) is 4.15. The van der Waals surface area contributed by atoms with E-state index < -0.39 is 0 Å². The second-order valence-corrected chi connectivity index (χ2v) is 7.09. The fourth-order valence-corrected chi connectivity index (χ4v) is 3.51. The summed E-state index contributed by atoms with van der Waals surface area (Å²) in [5.74, 6) is 1.09. The first-order valence-corrected chi connectivity index (χ1v) is 7.89. The zero-order valence-electron chi connectivity index (χ0n) is 13.6. The maximum atomic E-state index is 6.12. The van der Waals surface area contributed by atoms with Gasteiger partial charge in [-0.1, -0.05) is 38.5 Å². The lowest BCUT2D eigenvalue weighted by Crippen LogP contribution is -2.33. The highest BCUT2D eigenvalue weighted by molar-refractivity contribution is 5.40. The summed E-state index contributed by atoms with van der Waals surface area (Å²) in [5.41, 5.74) is 3.02. The molecule has 0 radical (unpaired) electrons. The maximum absolute atomic E-state index is 6.12. The van der Waals surface area contributed by atoms with Gasteiger partial charge < -0.3 is 10.1 Å². The summed E-state index contributed by atoms with van der Waals surface area (Å²) < 4.78 is 6.12. The molecule has 1 heterocycles. The van der Waals surface area contributed by atoms with Crippen molar-refractivity contribution in [2.75, 3.05) is 6.54 Å². The van der Waals surface area contributed by atoms with Gasteiger partial charge in [-0.25, -0.2) is 0 Å². The number of hydrogen-bond acceptors (Lipinski definition) is 2. The fraction of sp³-hybridized carbons (Fsp3) is 0.667. The van der Waals surface area contributed by atoms with E-state index in [4.69, 9.17) is 4.74 Å². The zero-order chi connectivity index (χ0) is 14.8. The fourth-order valence-electron chi connectivity index (χ4n) is 3.51. The molecule has 0 saturated heterocycles. The predicted molar refractivity (Wildman–Crippen MR) is 85.5 cm³/mol. The molecule has 2 unspecified atom stereocenters. The van der Waals surface area contributed by atoms with Crippen LogP contribution in [0, 0.1) is 12.3 Å². The van der Waals surface area contributed by atoms with Crippen molar-refractivity contribution < 1.29 is 4.74 Å². The second kappa shape index (κ2) is 6.17. The zero-order valence-corrected chi connectivity index (χ0v) is 13.6. The lowest BCUT2D eigenvalue weighted by Gasteiger charge is -2.30. The lowest BCUT2D eigenvalue weighted by atomic mass is 9.80. The molecule has 0 spiro atoms. The van der Waals surface area contributed by atoms with Gasteiger partial charge in [0.15, 0.2) is 0 Å². The van der Waals surface area contributed by atoms with E-state index in [9.17, 15) is 0 Å². The smallest absolute Gasteiger partial charge is 0.123 e. The minimum atomic E-state index is 0.309. The Kier molecular flexibility index (Phi) is 4.74. The van der Waals surface area contributed by atoms with Crippen molar-refractivity contribution in [1.82, 2.24) is 5.32 Å². The summed E-state index contributed by atoms with van der Waals surface area (Å²) in [4.78, 5) is 0. The van der Waals surface area contributed by atoms with Crippen LogP contribution in [0.3, 0.4) is 0 Å². The average molecular weight is 275 g/mol. The van der Waals surface area contributed by atoms with E-state index in [1.807, 2.05) is 0 Å². The van der Waals surface area contributed by atoms with Gasteiger partial charge in [0, 0.05) is 12.5 Å². The Morgan fingerprint density at radius 1 is 1.40 bits per heavy atom. The van der Waals surface area contributed by atoms with Gasteiger partial charge in [0.2, 0.25) is 0 Å². The Bertz CT molecular complexity index is 453. The molecule has 112 valence electrons. The van der Waals surface area contributed by atoms with Crippen LogP contribution >= 0.6 is 0 Å². The van der Waals surface area contributed by atoms with Gasteiger partial charge in [-0.05, 0) is 50.3 Å². The van der Waals surface area contributed by atoms with E-state index >= 15 is 0 Å². The van der Waals surface area contributed by atoms with Crippen molar-refractivity contribution in [3.05, 3.63) is 29.3 Å². The molecule has 0 saturated carbocycles. The minimum absolute atomic E-state index is 0.309. The van der Waals surface area contributed by atoms with Crippen LogP contribution in [0.2, 0.25) is 0 Å². The van der Waals surface area contributed by atoms with Crippen LogP contribution in [0.25, 0.3) is 0 Å². The highest BCUT2D eigenvalue weighted by atomic mass is 16.5. The van der Waals surface area contributed by atoms with Crippen molar-refractivity contribution in [1.29, 1.82) is 0 Å². The van der Waals surface area contributed by atoms with Crippen molar-refractivity contribution in [3.63, 3.8) is 0 Å². The molecule has 1 aliphatic heterocycles. The molecular formula is C18H29NO. The number of rotatable bonds is 6. The predicted octanol–water partition coefficient (Wildman–Crippen LogP) is 4.10. The van der Waals surface area contributed by atoms with Crippen LogP contribution in [0.4, 0.5) is 0 Å². The van der Waals surface area contributed by atoms with E-state index in [1.54, 1.807) is 0 Å². The molecule has 1 aromatic carbocycles. The molecule has 1 N–H and O–H groups in total. The standard InChI is InChI=1S/C18H29NO/c1-6-19-14(3)11-18(4,5)12-16-10-15-9-13(2)7-8-17(15)20-16/h7-9,14,16,19H,6,10-12H2,1-5H3. The Hall–Kier alpha value is -1.02. The van der Waals surface area contributed by atoms with Crippen LogP contribution in [-0.4, -0.2) is 18.7 Å². The molecule has 2 rings (SSSR count). The van der Waals surface area contributed by atoms with E-state index in [-0.39, 0.29) is 0 Å². The van der Waals surface area contributed by atoms with Gasteiger partial charge in [0.05, 0.1) is 0 Å². The Labute approximate surface area is 123 Å². The topological polar surface area (TPSA) is 21.3 Å². The third-order valence-corrected chi connectivity index (χ3v) is 4.15. The summed E-state index contributed by atoms with van der Waals surface area (Å²) >= 11 is 0. The van der Waals surface area contributed by atoms with E-state index in [0.717, 1.165) is 25.1 Å². The average Bonchev–Trinajstić information content (AvgIpc) is 2.68. The van der Waals surface area contributed by atoms with Gasteiger partial charge in [-0.15, -0.1) is 0 Å². The van der Waals surface area contributed by atoms with Crippen LogP contribution in [-0.2, 0) is 6.42 Å². The SMILES string of the molecule is CCNC(C)CC(C)(C)CC1Cc2cc(C)ccc2O1. The highest BCUT2D eigenvalue weighted by Gasteiger charge is 2.30. The normalized spacial score (nSPS) is 19.6. The third kappa shape index (κ3) is 3.99. The number of aryl methyl sites for hydroxylation is 1. The number of nitrogens with one attached hydrogen (secondary N) is 1. The number of hydrogen-bond donors (Lipinski definition) is 1. The van der Waals surface area contributed by atoms with Crippen LogP contribution in [0.15, 0.2) is 18.2 Å².